The Morgan fingerprint density at radius 3 is 2.47 bits per heavy atom. The van der Waals surface area contributed by atoms with E-state index in [1.807, 2.05) is 6.07 Å². The third-order valence-corrected chi connectivity index (χ3v) is 5.99. The van der Waals surface area contributed by atoms with Crippen molar-refractivity contribution >= 4 is 5.97 Å². The van der Waals surface area contributed by atoms with E-state index in [0.29, 0.717) is 22.6 Å². The Balaban J connectivity index is 1.80. The third-order valence-electron chi connectivity index (χ3n) is 5.99. The Hall–Kier alpha value is -2.71. The van der Waals surface area contributed by atoms with E-state index in [9.17, 15) is 9.90 Å². The lowest BCUT2D eigenvalue weighted by molar-refractivity contribution is 0.0697. The number of halogens is 1. The first kappa shape index (κ1) is 22.0. The molecule has 1 aliphatic rings. The summed E-state index contributed by atoms with van der Waals surface area (Å²) in [4.78, 5) is 11.7. The topological polar surface area (TPSA) is 70.3 Å². The number of ether oxygens (including phenoxy) is 1. The molecule has 0 bridgehead atoms. The number of hydrogen-bond acceptors (Lipinski definition) is 3. The second-order valence-electron chi connectivity index (χ2n) is 8.03. The number of carboxylic acid groups (broad SMARTS) is 1. The Morgan fingerprint density at radius 2 is 1.87 bits per heavy atom. The highest BCUT2D eigenvalue weighted by Crippen LogP contribution is 2.40. The zero-order chi connectivity index (χ0) is 21.5. The first-order valence-electron chi connectivity index (χ1n) is 10.7. The molecular weight excluding hydrogens is 381 g/mol. The third kappa shape index (κ3) is 5.06. The monoisotopic (exact) mass is 409 g/mol. The van der Waals surface area contributed by atoms with Crippen molar-refractivity contribution in [3.63, 3.8) is 0 Å². The highest BCUT2D eigenvalue weighted by atomic mass is 19.1. The fraction of sp³-hybridized carbons (Fsp3) is 0.440. The molecule has 0 radical (unpaired) electrons. The van der Waals surface area contributed by atoms with Crippen molar-refractivity contribution in [1.29, 1.82) is 5.26 Å². The minimum Gasteiger partial charge on any atom is -0.478 e. The molecule has 30 heavy (non-hydrogen) atoms. The van der Waals surface area contributed by atoms with E-state index in [2.05, 4.69) is 6.92 Å². The second-order valence-corrected chi connectivity index (χ2v) is 8.03. The molecule has 0 heterocycles. The molecule has 0 aliphatic heterocycles. The Kier molecular flexibility index (Phi) is 7.59. The number of benzene rings is 2. The van der Waals surface area contributed by atoms with Crippen LogP contribution in [0.5, 0.6) is 0 Å². The summed E-state index contributed by atoms with van der Waals surface area (Å²) in [6.45, 7) is 3.71. The van der Waals surface area contributed by atoms with Gasteiger partial charge in [0, 0.05) is 18.8 Å². The molecule has 0 amide bonds. The quantitative estimate of drug-likeness (QED) is 0.531. The van der Waals surface area contributed by atoms with Gasteiger partial charge in [-0.3, -0.25) is 0 Å². The maximum atomic E-state index is 15.6. The zero-order valence-corrected chi connectivity index (χ0v) is 17.4. The number of nitrogens with zero attached hydrogens (tertiary/aromatic N) is 1. The maximum absolute atomic E-state index is 15.6. The molecule has 1 saturated carbocycles. The van der Waals surface area contributed by atoms with Crippen LogP contribution in [-0.2, 0) is 4.74 Å². The van der Waals surface area contributed by atoms with Gasteiger partial charge >= 0.3 is 5.97 Å². The summed E-state index contributed by atoms with van der Waals surface area (Å²) in [5.41, 5.74) is 1.56. The lowest BCUT2D eigenvalue weighted by atomic mass is 9.78. The van der Waals surface area contributed by atoms with Crippen molar-refractivity contribution in [2.24, 2.45) is 5.92 Å². The first-order chi connectivity index (χ1) is 14.5. The lowest BCUT2D eigenvalue weighted by Gasteiger charge is -2.29. The summed E-state index contributed by atoms with van der Waals surface area (Å²) < 4.78 is 21.3. The van der Waals surface area contributed by atoms with Crippen LogP contribution in [0.25, 0.3) is 11.1 Å². The van der Waals surface area contributed by atoms with E-state index >= 15 is 4.39 Å². The van der Waals surface area contributed by atoms with Gasteiger partial charge in [0.25, 0.3) is 0 Å². The van der Waals surface area contributed by atoms with Crippen LogP contribution >= 0.6 is 0 Å². The van der Waals surface area contributed by atoms with Crippen LogP contribution in [0.3, 0.4) is 0 Å². The Morgan fingerprint density at radius 1 is 1.17 bits per heavy atom. The van der Waals surface area contributed by atoms with Crippen molar-refractivity contribution in [1.82, 2.24) is 0 Å². The van der Waals surface area contributed by atoms with Gasteiger partial charge in [0.05, 0.1) is 17.2 Å². The smallest absolute Gasteiger partial charge is 0.336 e. The molecule has 2 aromatic carbocycles. The van der Waals surface area contributed by atoms with Crippen LogP contribution in [0.4, 0.5) is 4.39 Å². The molecule has 3 rings (SSSR count). The minimum absolute atomic E-state index is 0.0565. The number of carbonyl (C=O) groups is 1. The number of aromatic carboxylic acids is 1. The summed E-state index contributed by atoms with van der Waals surface area (Å²) >= 11 is 0. The maximum Gasteiger partial charge on any atom is 0.336 e. The number of hydrogen-bond donors (Lipinski definition) is 1. The highest BCUT2D eigenvalue weighted by Gasteiger charge is 2.27. The van der Waals surface area contributed by atoms with Gasteiger partial charge in [-0.25, -0.2) is 9.18 Å². The largest absolute Gasteiger partial charge is 0.478 e. The molecule has 1 fully saturated rings. The standard InChI is InChI=1S/C25H28FNO3/c1-2-3-14-30-16-18-6-8-19(9-7-18)21-12-13-22(25(28)29)23(24(21)26)20-10-4-17(15-27)5-11-20/h4-5,10-13,18-19H,2-3,6-9,14,16H2,1H3,(H,28,29). The van der Waals surface area contributed by atoms with Gasteiger partial charge in [-0.2, -0.15) is 5.26 Å². The van der Waals surface area contributed by atoms with E-state index in [1.54, 1.807) is 30.3 Å². The van der Waals surface area contributed by atoms with E-state index in [-0.39, 0.29) is 17.0 Å². The van der Waals surface area contributed by atoms with Gasteiger partial charge in [-0.05, 0) is 73.3 Å². The van der Waals surface area contributed by atoms with Crippen LogP contribution in [-0.4, -0.2) is 24.3 Å². The average Bonchev–Trinajstić information content (AvgIpc) is 2.77. The van der Waals surface area contributed by atoms with Crippen LogP contribution in [0.2, 0.25) is 0 Å². The van der Waals surface area contributed by atoms with E-state index < -0.39 is 11.8 Å². The summed E-state index contributed by atoms with van der Waals surface area (Å²) in [6.07, 6.45) is 5.93. The number of rotatable bonds is 8. The molecule has 0 spiro atoms. The van der Waals surface area contributed by atoms with E-state index in [0.717, 1.165) is 51.7 Å². The van der Waals surface area contributed by atoms with Gasteiger partial charge < -0.3 is 9.84 Å². The number of carboxylic acids is 1. The molecule has 2 aromatic rings. The van der Waals surface area contributed by atoms with E-state index in [4.69, 9.17) is 10.00 Å². The van der Waals surface area contributed by atoms with Crippen molar-refractivity contribution in [3.05, 3.63) is 58.9 Å². The van der Waals surface area contributed by atoms with Crippen molar-refractivity contribution in [3.8, 4) is 17.2 Å². The molecule has 0 saturated heterocycles. The van der Waals surface area contributed by atoms with Crippen molar-refractivity contribution in [2.45, 2.75) is 51.4 Å². The molecule has 0 unspecified atom stereocenters. The molecule has 5 heteroatoms. The fourth-order valence-electron chi connectivity index (χ4n) is 4.22. The van der Waals surface area contributed by atoms with Crippen molar-refractivity contribution in [2.75, 3.05) is 13.2 Å². The Labute approximate surface area is 177 Å². The van der Waals surface area contributed by atoms with Crippen LogP contribution in [0.1, 0.15) is 72.9 Å². The van der Waals surface area contributed by atoms with Gasteiger partial charge in [0.1, 0.15) is 5.82 Å². The Bertz CT molecular complexity index is 909. The average molecular weight is 410 g/mol. The molecule has 0 aromatic heterocycles. The number of nitriles is 1. The molecular formula is C25H28FNO3. The fourth-order valence-corrected chi connectivity index (χ4v) is 4.22. The lowest BCUT2D eigenvalue weighted by Crippen LogP contribution is -2.19. The van der Waals surface area contributed by atoms with Gasteiger partial charge in [-0.1, -0.05) is 31.5 Å². The van der Waals surface area contributed by atoms with E-state index in [1.165, 1.54) is 6.07 Å². The zero-order valence-electron chi connectivity index (χ0n) is 17.4. The predicted molar refractivity (Wildman–Crippen MR) is 114 cm³/mol. The van der Waals surface area contributed by atoms with Gasteiger partial charge in [0.2, 0.25) is 0 Å². The van der Waals surface area contributed by atoms with Gasteiger partial charge in [-0.15, -0.1) is 0 Å². The van der Waals surface area contributed by atoms with Crippen LogP contribution in [0, 0.1) is 23.1 Å². The normalized spacial score (nSPS) is 18.7. The number of unbranched alkanes of at least 4 members (excludes halogenated alkanes) is 1. The summed E-state index contributed by atoms with van der Waals surface area (Å²) in [7, 11) is 0. The predicted octanol–water partition coefficient (Wildman–Crippen LogP) is 6.15. The molecule has 0 atom stereocenters. The highest BCUT2D eigenvalue weighted by molar-refractivity contribution is 5.96. The molecule has 4 nitrogen and oxygen atoms in total. The second kappa shape index (κ2) is 10.4. The van der Waals surface area contributed by atoms with Crippen molar-refractivity contribution < 1.29 is 19.0 Å². The minimum atomic E-state index is -1.16. The van der Waals surface area contributed by atoms with Crippen LogP contribution in [0.15, 0.2) is 36.4 Å². The molecule has 158 valence electrons. The van der Waals surface area contributed by atoms with Crippen LogP contribution < -0.4 is 0 Å². The summed E-state index contributed by atoms with van der Waals surface area (Å²) in [6, 6.07) is 11.5. The SMILES string of the molecule is CCCCOCC1CCC(c2ccc(C(=O)O)c(-c3ccc(C#N)cc3)c2F)CC1. The van der Waals surface area contributed by atoms with Gasteiger partial charge in [0.15, 0.2) is 0 Å². The summed E-state index contributed by atoms with van der Waals surface area (Å²) in [5.74, 6) is -1.02. The molecule has 1 aliphatic carbocycles. The summed E-state index contributed by atoms with van der Waals surface area (Å²) in [5, 5.41) is 18.6. The molecule has 1 N–H and O–H groups in total. The first-order valence-corrected chi connectivity index (χ1v) is 10.7.